The van der Waals surface area contributed by atoms with Crippen LogP contribution < -0.4 is 5.32 Å². The molecule has 1 unspecified atom stereocenters. The quantitative estimate of drug-likeness (QED) is 0.848. The van der Waals surface area contributed by atoms with Gasteiger partial charge in [0.1, 0.15) is 0 Å². The van der Waals surface area contributed by atoms with Gasteiger partial charge < -0.3 is 10.2 Å². The molecule has 0 bridgehead atoms. The number of amides is 1. The number of hydrogen-bond donors (Lipinski definition) is 1. The molecule has 21 heavy (non-hydrogen) atoms. The van der Waals surface area contributed by atoms with E-state index in [1.165, 1.54) is 6.42 Å². The van der Waals surface area contributed by atoms with E-state index in [4.69, 9.17) is 0 Å². The lowest BCUT2D eigenvalue weighted by Crippen LogP contribution is -2.42. The second kappa shape index (κ2) is 7.85. The fourth-order valence-corrected chi connectivity index (χ4v) is 3.82. The zero-order valence-electron chi connectivity index (χ0n) is 13.3. The lowest BCUT2D eigenvalue weighted by molar-refractivity contribution is 0.0671. The van der Waals surface area contributed by atoms with Gasteiger partial charge in [0.25, 0.3) is 5.91 Å². The summed E-state index contributed by atoms with van der Waals surface area (Å²) in [6.45, 7) is 7.08. The first-order chi connectivity index (χ1) is 10.1. The van der Waals surface area contributed by atoms with E-state index < -0.39 is 0 Å². The Bertz CT molecular complexity index is 474. The number of nitrogens with zero attached hydrogens (tertiary/aromatic N) is 1. The highest BCUT2D eigenvalue weighted by molar-refractivity contribution is 8.00. The third kappa shape index (κ3) is 4.48. The van der Waals surface area contributed by atoms with E-state index in [0.717, 1.165) is 36.5 Å². The first-order valence-corrected chi connectivity index (χ1v) is 8.69. The van der Waals surface area contributed by atoms with E-state index >= 15 is 0 Å². The summed E-state index contributed by atoms with van der Waals surface area (Å²) in [5, 5.41) is 3.72. The van der Waals surface area contributed by atoms with Crippen molar-refractivity contribution in [3.63, 3.8) is 0 Å². The normalized spacial score (nSPS) is 19.0. The van der Waals surface area contributed by atoms with Crippen LogP contribution in [0.15, 0.2) is 29.2 Å². The van der Waals surface area contributed by atoms with Gasteiger partial charge in [-0.05, 0) is 44.5 Å². The van der Waals surface area contributed by atoms with E-state index in [1.54, 1.807) is 11.8 Å². The number of carbonyl (C=O) groups is 1. The first-order valence-electron chi connectivity index (χ1n) is 7.81. The minimum atomic E-state index is 0.194. The topological polar surface area (TPSA) is 32.3 Å². The second-order valence-electron chi connectivity index (χ2n) is 5.98. The number of benzene rings is 1. The molecular formula is C17H26N2OS. The van der Waals surface area contributed by atoms with Gasteiger partial charge in [-0.3, -0.25) is 4.79 Å². The highest BCUT2D eigenvalue weighted by atomic mass is 32.2. The molecule has 1 aromatic carbocycles. The molecule has 0 aliphatic carbocycles. The Balaban J connectivity index is 2.12. The van der Waals surface area contributed by atoms with Crippen LogP contribution in [0, 0.1) is 5.92 Å². The molecule has 0 saturated carbocycles. The molecule has 1 fully saturated rings. The third-order valence-corrected chi connectivity index (χ3v) is 4.86. The molecule has 1 atom stereocenters. The number of hydrogen-bond acceptors (Lipinski definition) is 3. The molecule has 0 aromatic heterocycles. The molecule has 1 saturated heterocycles. The molecule has 0 spiro atoms. The molecule has 4 heteroatoms. The van der Waals surface area contributed by atoms with Gasteiger partial charge in [0.05, 0.1) is 5.56 Å². The number of rotatable bonds is 5. The maximum atomic E-state index is 12.8. The van der Waals surface area contributed by atoms with E-state index in [-0.39, 0.29) is 5.91 Å². The predicted octanol–water partition coefficient (Wildman–Crippen LogP) is 3.26. The average molecular weight is 306 g/mol. The largest absolute Gasteiger partial charge is 0.338 e. The van der Waals surface area contributed by atoms with Crippen molar-refractivity contribution in [1.29, 1.82) is 0 Å². The highest BCUT2D eigenvalue weighted by Gasteiger charge is 2.25. The molecule has 3 nitrogen and oxygen atoms in total. The standard InChI is InChI=1S/C17H26N2OS/c1-13(2)21-16-9-5-4-8-15(16)17(20)19-10-6-7-14(12-19)11-18-3/h4-5,8-9,13-14,18H,6-7,10-12H2,1-3H3. The first kappa shape index (κ1) is 16.4. The minimum absolute atomic E-state index is 0.194. The summed E-state index contributed by atoms with van der Waals surface area (Å²) < 4.78 is 0. The fraction of sp³-hybridized carbons (Fsp3) is 0.588. The summed E-state index contributed by atoms with van der Waals surface area (Å²) in [6.07, 6.45) is 2.32. The van der Waals surface area contributed by atoms with Crippen LogP contribution in [0.2, 0.25) is 0 Å². The molecule has 1 aliphatic rings. The number of thioether (sulfide) groups is 1. The Morgan fingerprint density at radius 3 is 2.90 bits per heavy atom. The van der Waals surface area contributed by atoms with Crippen LogP contribution in [0.3, 0.4) is 0 Å². The van der Waals surface area contributed by atoms with Crippen LogP contribution in [-0.4, -0.2) is 42.7 Å². The van der Waals surface area contributed by atoms with E-state index in [0.29, 0.717) is 11.2 Å². The Kier molecular flexibility index (Phi) is 6.12. The van der Waals surface area contributed by atoms with Crippen LogP contribution in [0.25, 0.3) is 0 Å². The molecule has 116 valence electrons. The van der Waals surface area contributed by atoms with Crippen molar-refractivity contribution in [2.24, 2.45) is 5.92 Å². The van der Waals surface area contributed by atoms with E-state index in [2.05, 4.69) is 25.2 Å². The SMILES string of the molecule is CNCC1CCCN(C(=O)c2ccccc2SC(C)C)C1. The molecule has 0 radical (unpaired) electrons. The van der Waals surface area contributed by atoms with Gasteiger partial charge in [0.15, 0.2) is 0 Å². The molecule has 1 aromatic rings. The van der Waals surface area contributed by atoms with Gasteiger partial charge in [-0.1, -0.05) is 26.0 Å². The number of likely N-dealkylation sites (tertiary alicyclic amines) is 1. The summed E-state index contributed by atoms with van der Waals surface area (Å²) >= 11 is 1.77. The zero-order valence-corrected chi connectivity index (χ0v) is 14.1. The van der Waals surface area contributed by atoms with Crippen molar-refractivity contribution < 1.29 is 4.79 Å². The van der Waals surface area contributed by atoms with E-state index in [9.17, 15) is 4.79 Å². The monoisotopic (exact) mass is 306 g/mol. The molecular weight excluding hydrogens is 280 g/mol. The van der Waals surface area contributed by atoms with E-state index in [1.807, 2.05) is 30.1 Å². The average Bonchev–Trinajstić information content (AvgIpc) is 2.47. The molecule has 1 heterocycles. The van der Waals surface area contributed by atoms with Crippen LogP contribution in [0.1, 0.15) is 37.0 Å². The summed E-state index contributed by atoms with van der Waals surface area (Å²) in [5.74, 6) is 0.775. The minimum Gasteiger partial charge on any atom is -0.338 e. The van der Waals surface area contributed by atoms with Crippen LogP contribution in [0.5, 0.6) is 0 Å². The Morgan fingerprint density at radius 1 is 1.43 bits per heavy atom. The van der Waals surface area contributed by atoms with Gasteiger partial charge in [0.2, 0.25) is 0 Å². The summed E-state index contributed by atoms with van der Waals surface area (Å²) in [4.78, 5) is 16.0. The van der Waals surface area contributed by atoms with Crippen molar-refractivity contribution in [2.75, 3.05) is 26.7 Å². The Hall–Kier alpha value is -1.00. The number of piperidine rings is 1. The zero-order chi connectivity index (χ0) is 15.2. The van der Waals surface area contributed by atoms with Gasteiger partial charge in [-0.15, -0.1) is 11.8 Å². The van der Waals surface area contributed by atoms with Crippen molar-refractivity contribution in [1.82, 2.24) is 10.2 Å². The maximum absolute atomic E-state index is 12.8. The Morgan fingerprint density at radius 2 is 2.19 bits per heavy atom. The molecule has 1 amide bonds. The smallest absolute Gasteiger partial charge is 0.254 e. The second-order valence-corrected chi connectivity index (χ2v) is 7.60. The van der Waals surface area contributed by atoms with Crippen LogP contribution in [0.4, 0.5) is 0 Å². The lowest BCUT2D eigenvalue weighted by atomic mass is 9.97. The summed E-state index contributed by atoms with van der Waals surface area (Å²) in [6, 6.07) is 8.01. The fourth-order valence-electron chi connectivity index (χ4n) is 2.88. The van der Waals surface area contributed by atoms with Crippen molar-refractivity contribution >= 4 is 17.7 Å². The summed E-state index contributed by atoms with van der Waals surface area (Å²) in [7, 11) is 1.98. The predicted molar refractivity (Wildman–Crippen MR) is 90.0 cm³/mol. The van der Waals surface area contributed by atoms with Crippen molar-refractivity contribution in [3.8, 4) is 0 Å². The highest BCUT2D eigenvalue weighted by Crippen LogP contribution is 2.28. The van der Waals surface area contributed by atoms with Gasteiger partial charge in [-0.2, -0.15) is 0 Å². The van der Waals surface area contributed by atoms with Crippen LogP contribution >= 0.6 is 11.8 Å². The number of carbonyl (C=O) groups excluding carboxylic acids is 1. The third-order valence-electron chi connectivity index (χ3n) is 3.78. The molecule has 1 aliphatic heterocycles. The summed E-state index contributed by atoms with van der Waals surface area (Å²) in [5.41, 5.74) is 0.862. The Labute approximate surface area is 132 Å². The van der Waals surface area contributed by atoms with Gasteiger partial charge >= 0.3 is 0 Å². The van der Waals surface area contributed by atoms with Gasteiger partial charge in [0, 0.05) is 23.2 Å². The molecule has 2 rings (SSSR count). The van der Waals surface area contributed by atoms with Crippen molar-refractivity contribution in [2.45, 2.75) is 36.8 Å². The van der Waals surface area contributed by atoms with Crippen molar-refractivity contribution in [3.05, 3.63) is 29.8 Å². The van der Waals surface area contributed by atoms with Gasteiger partial charge in [-0.25, -0.2) is 0 Å². The lowest BCUT2D eigenvalue weighted by Gasteiger charge is -2.33. The number of nitrogens with one attached hydrogen (secondary N) is 1. The maximum Gasteiger partial charge on any atom is 0.254 e. The molecule has 1 N–H and O–H groups in total. The van der Waals surface area contributed by atoms with Crippen LogP contribution in [-0.2, 0) is 0 Å².